The molecule has 0 aromatic carbocycles. The first-order valence-electron chi connectivity index (χ1n) is 16.3. The second-order valence-electron chi connectivity index (χ2n) is 12.2. The highest BCUT2D eigenvalue weighted by Gasteiger charge is 2.46. The number of imide groups is 1. The van der Waals surface area contributed by atoms with Crippen molar-refractivity contribution in [3.05, 3.63) is 0 Å². The van der Waals surface area contributed by atoms with E-state index in [-0.39, 0.29) is 81.6 Å². The Morgan fingerprint density at radius 3 is 2.14 bits per heavy atom. The van der Waals surface area contributed by atoms with Crippen molar-refractivity contribution < 1.29 is 63.1 Å². The lowest BCUT2D eigenvalue weighted by atomic mass is 9.81. The van der Waals surface area contributed by atoms with E-state index < -0.39 is 65.3 Å². The third-order valence-electron chi connectivity index (χ3n) is 8.39. The topological polar surface area (TPSA) is 255 Å². The molecule has 4 atom stereocenters. The smallest absolute Gasteiger partial charge is 0.322 e. The highest BCUT2D eigenvalue weighted by molar-refractivity contribution is 8.00. The summed E-state index contributed by atoms with van der Waals surface area (Å²) in [6, 6.07) is -1.22. The van der Waals surface area contributed by atoms with Crippen molar-refractivity contribution in [2.75, 3.05) is 51.8 Å². The lowest BCUT2D eigenvalue weighted by Gasteiger charge is -2.30. The van der Waals surface area contributed by atoms with E-state index in [0.29, 0.717) is 32.2 Å². The van der Waals surface area contributed by atoms with Gasteiger partial charge in [0.2, 0.25) is 29.5 Å². The Morgan fingerprint density at radius 1 is 0.878 bits per heavy atom. The van der Waals surface area contributed by atoms with Crippen LogP contribution in [0.15, 0.2) is 0 Å². The zero-order chi connectivity index (χ0) is 36.5. The maximum absolute atomic E-state index is 13.4. The third-order valence-corrected chi connectivity index (χ3v) is 9.88. The van der Waals surface area contributed by atoms with Gasteiger partial charge in [-0.15, -0.1) is 11.8 Å². The lowest BCUT2D eigenvalue weighted by molar-refractivity contribution is -0.142. The van der Waals surface area contributed by atoms with Crippen LogP contribution in [0, 0.1) is 23.7 Å². The summed E-state index contributed by atoms with van der Waals surface area (Å²) in [5.74, 6) is -7.37. The second kappa shape index (κ2) is 21.3. The summed E-state index contributed by atoms with van der Waals surface area (Å²) in [6.45, 7) is 3.81. The highest BCUT2D eigenvalue weighted by atomic mass is 32.2. The van der Waals surface area contributed by atoms with Crippen LogP contribution in [-0.2, 0) is 47.8 Å². The molecule has 0 radical (unpaired) electrons. The fraction of sp³-hybridized carbons (Fsp3) is 0.742. The standard InChI is InChI=1S/C31H48N4O13S/c1-18(31(45)46)3-8-23(36)34-22(28(42)33-15-25(39)40)17-49-26-19(2)29(43)35(30(26)44)16-20-4-6-21(7-5-20)27(41)32-10-12-48-14-13-47-11-9-24(37)38/h18-22,26H,3-17H2,1-2H3,(H,32,41)(H,33,42)(H,34,36)(H,37,38)(H,39,40)(H,45,46). The Balaban J connectivity index is 1.81. The fourth-order valence-corrected chi connectivity index (χ4v) is 6.70. The van der Waals surface area contributed by atoms with Gasteiger partial charge in [0.15, 0.2) is 0 Å². The van der Waals surface area contributed by atoms with Crippen molar-refractivity contribution in [3.8, 4) is 0 Å². The predicted octanol–water partition coefficient (Wildman–Crippen LogP) is -0.290. The summed E-state index contributed by atoms with van der Waals surface area (Å²) in [6.07, 6.45) is 2.24. The van der Waals surface area contributed by atoms with E-state index in [1.807, 2.05) is 0 Å². The fourth-order valence-electron chi connectivity index (χ4n) is 5.39. The normalized spacial score (nSPS) is 21.9. The van der Waals surface area contributed by atoms with Crippen molar-refractivity contribution in [1.82, 2.24) is 20.9 Å². The monoisotopic (exact) mass is 716 g/mol. The molecule has 2 fully saturated rings. The van der Waals surface area contributed by atoms with E-state index >= 15 is 0 Å². The Kier molecular flexibility index (Phi) is 18.0. The molecule has 18 heteroatoms. The van der Waals surface area contributed by atoms with E-state index in [1.165, 1.54) is 11.8 Å². The number of carboxylic acids is 3. The van der Waals surface area contributed by atoms with E-state index in [1.54, 1.807) is 6.92 Å². The van der Waals surface area contributed by atoms with Crippen molar-refractivity contribution in [1.29, 1.82) is 0 Å². The van der Waals surface area contributed by atoms with Gasteiger partial charge in [0.05, 0.1) is 49.9 Å². The van der Waals surface area contributed by atoms with Gasteiger partial charge in [-0.05, 0) is 38.0 Å². The number of aliphatic carboxylic acids is 3. The molecule has 0 spiro atoms. The van der Waals surface area contributed by atoms with Gasteiger partial charge in [-0.3, -0.25) is 43.3 Å². The highest BCUT2D eigenvalue weighted by Crippen LogP contribution is 2.35. The van der Waals surface area contributed by atoms with Gasteiger partial charge in [-0.1, -0.05) is 13.8 Å². The predicted molar refractivity (Wildman–Crippen MR) is 173 cm³/mol. The summed E-state index contributed by atoms with van der Waals surface area (Å²) in [4.78, 5) is 97.9. The van der Waals surface area contributed by atoms with Crippen LogP contribution in [0.25, 0.3) is 0 Å². The number of thioether (sulfide) groups is 1. The molecule has 17 nitrogen and oxygen atoms in total. The SMILES string of the molecule is CC(CCC(=O)NC(CSC1C(=O)N(CC2CCC(C(=O)NCCOCCOCCC(=O)O)CC2)C(=O)C1C)C(=O)NCC(=O)O)C(=O)O. The van der Waals surface area contributed by atoms with E-state index in [9.17, 15) is 38.4 Å². The minimum atomic E-state index is -1.29. The number of nitrogens with one attached hydrogen (secondary N) is 3. The van der Waals surface area contributed by atoms with Crippen LogP contribution in [0.4, 0.5) is 0 Å². The van der Waals surface area contributed by atoms with Crippen molar-refractivity contribution in [2.45, 2.75) is 70.1 Å². The molecule has 1 heterocycles. The van der Waals surface area contributed by atoms with Gasteiger partial charge in [0.1, 0.15) is 12.6 Å². The minimum absolute atomic E-state index is 0.0133. The van der Waals surface area contributed by atoms with Crippen LogP contribution in [-0.4, -0.2) is 131 Å². The molecule has 6 N–H and O–H groups in total. The van der Waals surface area contributed by atoms with Crippen LogP contribution >= 0.6 is 11.8 Å². The van der Waals surface area contributed by atoms with Crippen LogP contribution < -0.4 is 16.0 Å². The molecule has 0 bridgehead atoms. The first kappa shape index (κ1) is 41.4. The average Bonchev–Trinajstić information content (AvgIpc) is 3.25. The molecule has 1 saturated heterocycles. The van der Waals surface area contributed by atoms with Crippen molar-refractivity contribution in [2.24, 2.45) is 23.7 Å². The molecule has 4 unspecified atom stereocenters. The Bertz CT molecular complexity index is 1190. The zero-order valence-electron chi connectivity index (χ0n) is 27.9. The average molecular weight is 717 g/mol. The van der Waals surface area contributed by atoms with E-state index in [4.69, 9.17) is 24.8 Å². The number of amides is 5. The lowest BCUT2D eigenvalue weighted by Crippen LogP contribution is -2.49. The maximum atomic E-state index is 13.4. The molecule has 1 saturated carbocycles. The van der Waals surface area contributed by atoms with Gasteiger partial charge in [0.25, 0.3) is 0 Å². The molecule has 0 aromatic rings. The van der Waals surface area contributed by atoms with E-state index in [2.05, 4.69) is 16.0 Å². The number of carbonyl (C=O) groups is 8. The van der Waals surface area contributed by atoms with Crippen molar-refractivity contribution >= 4 is 59.2 Å². The van der Waals surface area contributed by atoms with Crippen LogP contribution in [0.2, 0.25) is 0 Å². The first-order valence-corrected chi connectivity index (χ1v) is 17.4. The van der Waals surface area contributed by atoms with Crippen LogP contribution in [0.1, 0.15) is 58.8 Å². The molecule has 49 heavy (non-hydrogen) atoms. The molecule has 1 aliphatic heterocycles. The van der Waals surface area contributed by atoms with E-state index in [0.717, 1.165) is 11.8 Å². The summed E-state index contributed by atoms with van der Waals surface area (Å²) < 4.78 is 10.5. The number of carbonyl (C=O) groups excluding carboxylic acids is 5. The number of hydrogen-bond acceptors (Lipinski definition) is 11. The first-order chi connectivity index (χ1) is 23.2. The van der Waals surface area contributed by atoms with Crippen LogP contribution in [0.5, 0.6) is 0 Å². The zero-order valence-corrected chi connectivity index (χ0v) is 28.7. The number of likely N-dealkylation sites (tertiary alicyclic amines) is 1. The summed E-state index contributed by atoms with van der Waals surface area (Å²) in [7, 11) is 0. The quantitative estimate of drug-likeness (QED) is 0.0587. The molecule has 5 amide bonds. The third kappa shape index (κ3) is 14.7. The van der Waals surface area contributed by atoms with Crippen molar-refractivity contribution in [3.63, 3.8) is 0 Å². The van der Waals surface area contributed by atoms with Gasteiger partial charge in [0, 0.05) is 31.2 Å². The maximum Gasteiger partial charge on any atom is 0.322 e. The van der Waals surface area contributed by atoms with Gasteiger partial charge < -0.3 is 40.7 Å². The van der Waals surface area contributed by atoms with Gasteiger partial charge in [-0.25, -0.2) is 0 Å². The molecular formula is C31H48N4O13S. The second-order valence-corrected chi connectivity index (χ2v) is 13.4. The molecular weight excluding hydrogens is 668 g/mol. The summed E-state index contributed by atoms with van der Waals surface area (Å²) >= 11 is 1.01. The number of ether oxygens (including phenoxy) is 2. The van der Waals surface area contributed by atoms with Crippen LogP contribution in [0.3, 0.4) is 0 Å². The molecule has 1 aliphatic carbocycles. The molecule has 0 aromatic heterocycles. The number of nitrogens with zero attached hydrogens (tertiary/aromatic N) is 1. The Hall–Kier alpha value is -3.77. The Labute approximate surface area is 288 Å². The van der Waals surface area contributed by atoms with Gasteiger partial charge in [-0.2, -0.15) is 0 Å². The molecule has 2 rings (SSSR count). The molecule has 276 valence electrons. The summed E-state index contributed by atoms with van der Waals surface area (Å²) in [5, 5.41) is 33.3. The minimum Gasteiger partial charge on any atom is -0.481 e. The Morgan fingerprint density at radius 2 is 1.53 bits per heavy atom. The van der Waals surface area contributed by atoms with Gasteiger partial charge >= 0.3 is 17.9 Å². The number of hydrogen-bond donors (Lipinski definition) is 6. The number of rotatable bonds is 23. The largest absolute Gasteiger partial charge is 0.481 e. The molecule has 2 aliphatic rings. The summed E-state index contributed by atoms with van der Waals surface area (Å²) in [5.41, 5.74) is 0. The number of carboxylic acid groups (broad SMARTS) is 3.